The van der Waals surface area contributed by atoms with E-state index in [1.165, 1.54) is 4.31 Å². The van der Waals surface area contributed by atoms with Crippen LogP contribution in [-0.2, 0) is 19.6 Å². The van der Waals surface area contributed by atoms with Crippen LogP contribution in [-0.4, -0.2) is 25.3 Å². The summed E-state index contributed by atoms with van der Waals surface area (Å²) in [6.07, 6.45) is 2.09. The van der Waals surface area contributed by atoms with Crippen LogP contribution in [0.25, 0.3) is 0 Å². The molecular formula is C28H26N2O4S. The summed E-state index contributed by atoms with van der Waals surface area (Å²) in [5.41, 5.74) is 3.05. The summed E-state index contributed by atoms with van der Waals surface area (Å²) in [7, 11) is -4.05. The SMILES string of the molecule is CCOC(=O)C1=CC[C@@H](c2ccccc2)N(S(=O)(=O)c2ccc(C)cc2)[C@H]1c1ccc(C#N)cc1. The Hall–Kier alpha value is -3.73. The van der Waals surface area contributed by atoms with E-state index in [1.54, 1.807) is 61.5 Å². The number of rotatable bonds is 6. The Morgan fingerprint density at radius 2 is 1.66 bits per heavy atom. The second-order valence-corrected chi connectivity index (χ2v) is 10.2. The fourth-order valence-electron chi connectivity index (χ4n) is 4.34. The minimum atomic E-state index is -4.05. The summed E-state index contributed by atoms with van der Waals surface area (Å²) in [5.74, 6) is -0.558. The van der Waals surface area contributed by atoms with Gasteiger partial charge in [-0.2, -0.15) is 9.57 Å². The van der Waals surface area contributed by atoms with Crippen molar-refractivity contribution >= 4 is 16.0 Å². The first-order chi connectivity index (χ1) is 16.9. The smallest absolute Gasteiger partial charge is 0.335 e. The number of nitriles is 1. The van der Waals surface area contributed by atoms with Crippen LogP contribution in [0, 0.1) is 18.3 Å². The van der Waals surface area contributed by atoms with Gasteiger partial charge in [-0.25, -0.2) is 13.2 Å². The molecule has 0 unspecified atom stereocenters. The minimum absolute atomic E-state index is 0.146. The normalized spacial score (nSPS) is 18.4. The van der Waals surface area contributed by atoms with Crippen LogP contribution in [0.4, 0.5) is 0 Å². The average molecular weight is 487 g/mol. The number of carbonyl (C=O) groups is 1. The van der Waals surface area contributed by atoms with E-state index < -0.39 is 28.1 Å². The maximum absolute atomic E-state index is 14.2. The molecule has 1 aliphatic heterocycles. The first-order valence-corrected chi connectivity index (χ1v) is 12.8. The molecule has 3 aromatic rings. The molecule has 1 aliphatic rings. The van der Waals surface area contributed by atoms with Crippen LogP contribution in [0.5, 0.6) is 0 Å². The Morgan fingerprint density at radius 1 is 1.00 bits per heavy atom. The van der Waals surface area contributed by atoms with E-state index in [0.29, 0.717) is 17.5 Å². The molecule has 1 heterocycles. The van der Waals surface area contributed by atoms with E-state index in [0.717, 1.165) is 11.1 Å². The molecule has 7 heteroatoms. The van der Waals surface area contributed by atoms with Gasteiger partial charge in [-0.05, 0) is 55.7 Å². The van der Waals surface area contributed by atoms with E-state index in [-0.39, 0.29) is 17.1 Å². The van der Waals surface area contributed by atoms with Gasteiger partial charge in [0, 0.05) is 0 Å². The second kappa shape index (κ2) is 10.3. The van der Waals surface area contributed by atoms with Gasteiger partial charge in [0.1, 0.15) is 0 Å². The molecule has 0 N–H and O–H groups in total. The highest BCUT2D eigenvalue weighted by atomic mass is 32.2. The van der Waals surface area contributed by atoms with Crippen molar-refractivity contribution in [3.8, 4) is 6.07 Å². The molecule has 0 bridgehead atoms. The minimum Gasteiger partial charge on any atom is -0.463 e. The lowest BCUT2D eigenvalue weighted by atomic mass is 9.89. The number of carbonyl (C=O) groups excluding carboxylic acids is 1. The number of hydrogen-bond acceptors (Lipinski definition) is 5. The molecule has 0 saturated carbocycles. The topological polar surface area (TPSA) is 87.5 Å². The summed E-state index contributed by atoms with van der Waals surface area (Å²) in [4.78, 5) is 13.2. The summed E-state index contributed by atoms with van der Waals surface area (Å²) >= 11 is 0. The van der Waals surface area contributed by atoms with Gasteiger partial charge in [-0.3, -0.25) is 0 Å². The Kier molecular flexibility index (Phi) is 7.15. The predicted molar refractivity (Wildman–Crippen MR) is 133 cm³/mol. The number of nitrogens with zero attached hydrogens (tertiary/aromatic N) is 2. The number of benzene rings is 3. The lowest BCUT2D eigenvalue weighted by Gasteiger charge is -2.41. The molecule has 0 aromatic heterocycles. The van der Waals surface area contributed by atoms with Crippen molar-refractivity contribution in [1.29, 1.82) is 5.26 Å². The molecule has 0 saturated heterocycles. The third-order valence-electron chi connectivity index (χ3n) is 6.06. The number of esters is 1. The molecule has 0 fully saturated rings. The van der Waals surface area contributed by atoms with Gasteiger partial charge >= 0.3 is 5.97 Å². The molecule has 3 aromatic carbocycles. The molecule has 35 heavy (non-hydrogen) atoms. The third-order valence-corrected chi connectivity index (χ3v) is 7.95. The van der Waals surface area contributed by atoms with E-state index >= 15 is 0 Å². The van der Waals surface area contributed by atoms with Gasteiger partial charge in [-0.1, -0.05) is 66.2 Å². The van der Waals surface area contributed by atoms with Crippen molar-refractivity contribution in [3.63, 3.8) is 0 Å². The van der Waals surface area contributed by atoms with Gasteiger partial charge in [0.15, 0.2) is 0 Å². The van der Waals surface area contributed by atoms with Crippen LogP contribution >= 0.6 is 0 Å². The van der Waals surface area contributed by atoms with Crippen LogP contribution in [0.1, 0.15) is 47.7 Å². The van der Waals surface area contributed by atoms with Crippen molar-refractivity contribution in [2.24, 2.45) is 0 Å². The highest BCUT2D eigenvalue weighted by Crippen LogP contribution is 2.45. The number of aryl methyl sites for hydroxylation is 1. The quantitative estimate of drug-likeness (QED) is 0.445. The number of sulfonamides is 1. The molecule has 178 valence electrons. The van der Waals surface area contributed by atoms with Gasteiger partial charge in [0.25, 0.3) is 0 Å². The summed E-state index contributed by atoms with van der Waals surface area (Å²) in [6, 6.07) is 23.3. The van der Waals surface area contributed by atoms with Crippen LogP contribution in [0.3, 0.4) is 0 Å². The first-order valence-electron chi connectivity index (χ1n) is 11.4. The monoisotopic (exact) mass is 486 g/mol. The Bertz CT molecular complexity index is 1370. The van der Waals surface area contributed by atoms with E-state index in [4.69, 9.17) is 4.74 Å². The van der Waals surface area contributed by atoms with Crippen LogP contribution < -0.4 is 0 Å². The van der Waals surface area contributed by atoms with Crippen molar-refractivity contribution in [1.82, 2.24) is 4.31 Å². The first kappa shape index (κ1) is 24.4. The fourth-order valence-corrected chi connectivity index (χ4v) is 6.12. The maximum Gasteiger partial charge on any atom is 0.335 e. The zero-order valence-corrected chi connectivity index (χ0v) is 20.4. The Balaban J connectivity index is 1.96. The van der Waals surface area contributed by atoms with Gasteiger partial charge in [0.05, 0.1) is 40.8 Å². The van der Waals surface area contributed by atoms with E-state index in [2.05, 4.69) is 6.07 Å². The molecule has 0 amide bonds. The van der Waals surface area contributed by atoms with Crippen LogP contribution in [0.15, 0.2) is 95.4 Å². The highest BCUT2D eigenvalue weighted by Gasteiger charge is 2.44. The van der Waals surface area contributed by atoms with Crippen molar-refractivity contribution < 1.29 is 17.9 Å². The zero-order valence-electron chi connectivity index (χ0n) is 19.6. The average Bonchev–Trinajstić information content (AvgIpc) is 2.89. The predicted octanol–water partition coefficient (Wildman–Crippen LogP) is 5.23. The summed E-state index contributed by atoms with van der Waals surface area (Å²) in [5, 5.41) is 9.25. The van der Waals surface area contributed by atoms with E-state index in [1.807, 2.05) is 37.3 Å². The molecule has 0 spiro atoms. The molecular weight excluding hydrogens is 460 g/mol. The van der Waals surface area contributed by atoms with Crippen molar-refractivity contribution in [3.05, 3.63) is 113 Å². The van der Waals surface area contributed by atoms with Gasteiger partial charge in [-0.15, -0.1) is 0 Å². The number of ether oxygens (including phenoxy) is 1. The zero-order chi connectivity index (χ0) is 25.0. The van der Waals surface area contributed by atoms with Crippen molar-refractivity contribution in [2.45, 2.75) is 37.2 Å². The molecule has 6 nitrogen and oxygen atoms in total. The molecule has 2 atom stereocenters. The van der Waals surface area contributed by atoms with Gasteiger partial charge in [0.2, 0.25) is 10.0 Å². The Morgan fingerprint density at radius 3 is 2.26 bits per heavy atom. The molecule has 0 aliphatic carbocycles. The highest BCUT2D eigenvalue weighted by molar-refractivity contribution is 7.89. The number of hydrogen-bond donors (Lipinski definition) is 0. The van der Waals surface area contributed by atoms with E-state index in [9.17, 15) is 18.5 Å². The van der Waals surface area contributed by atoms with Crippen LogP contribution in [0.2, 0.25) is 0 Å². The Labute approximate surface area is 206 Å². The third kappa shape index (κ3) is 4.90. The standard InChI is InChI=1S/C28H26N2O4S/c1-3-34-28(31)25-17-18-26(22-7-5-4-6-8-22)30(27(25)23-13-11-21(19-29)12-14-23)35(32,33)24-15-9-20(2)10-16-24/h4-17,26-27H,3,18H2,1-2H3/t26-,27-/m0/s1. The lowest BCUT2D eigenvalue weighted by Crippen LogP contribution is -2.42. The lowest BCUT2D eigenvalue weighted by molar-refractivity contribution is -0.139. The summed E-state index contributed by atoms with van der Waals surface area (Å²) in [6.45, 7) is 3.78. The van der Waals surface area contributed by atoms with Crippen molar-refractivity contribution in [2.75, 3.05) is 6.61 Å². The maximum atomic E-state index is 14.2. The molecule has 4 rings (SSSR count). The largest absolute Gasteiger partial charge is 0.463 e. The fraction of sp³-hybridized carbons (Fsp3) is 0.214. The second-order valence-electron chi connectivity index (χ2n) is 8.33. The summed E-state index contributed by atoms with van der Waals surface area (Å²) < 4.78 is 35.2. The molecule has 0 radical (unpaired) electrons. The van der Waals surface area contributed by atoms with Gasteiger partial charge < -0.3 is 4.74 Å².